The zero-order valence-corrected chi connectivity index (χ0v) is 37.8. The highest BCUT2D eigenvalue weighted by atomic mass is 28.3. The number of ether oxygens (including phenoxy) is 2. The van der Waals surface area contributed by atoms with Gasteiger partial charge in [-0.15, -0.1) is 0 Å². The van der Waals surface area contributed by atoms with Crippen LogP contribution in [0.15, 0.2) is 83.8 Å². The minimum absolute atomic E-state index is 0.0378. The monoisotopic (exact) mass is 775 g/mol. The maximum absolute atomic E-state index is 7.43. The summed E-state index contributed by atoms with van der Waals surface area (Å²) in [4.78, 5) is 2.79. The molecule has 0 radical (unpaired) electrons. The standard InChI is InChI=1S/C53H65NO2Si/c1-13-32(14-2)44-29-45(33(15-3)16-4)56-53(55-44)43-30-51(8)47-31(5)46-39-19-17-18-20-41(39)50(6,7)42(46)28-40(47)48-38-23-21-34-27-35(57(10,11)12)22-24-36(34)37(38)25-26-54(48)52(51,9)49(43)53/h18,20-30,32-33,44,48-49H,13-17,19H2,1-12H3. The zero-order chi connectivity index (χ0) is 40.2. The molecular formula is C53H65NO2Si. The van der Waals surface area contributed by atoms with Crippen molar-refractivity contribution in [2.24, 2.45) is 17.8 Å². The van der Waals surface area contributed by atoms with Gasteiger partial charge in [-0.05, 0) is 125 Å². The largest absolute Gasteiger partial charge is 0.462 e. The van der Waals surface area contributed by atoms with Crippen molar-refractivity contribution >= 4 is 35.7 Å². The van der Waals surface area contributed by atoms with Gasteiger partial charge in [0.15, 0.2) is 0 Å². The minimum Gasteiger partial charge on any atom is -0.462 e. The molecule has 6 unspecified atom stereocenters. The Hall–Kier alpha value is -3.60. The highest BCUT2D eigenvalue weighted by Gasteiger charge is 2.83. The molecule has 3 aromatic carbocycles. The third kappa shape index (κ3) is 4.69. The molecule has 4 heteroatoms. The van der Waals surface area contributed by atoms with Gasteiger partial charge in [0.1, 0.15) is 5.76 Å². The first-order valence-electron chi connectivity index (χ1n) is 22.5. The molecule has 0 bridgehead atoms. The van der Waals surface area contributed by atoms with Crippen LogP contribution < -0.4 is 5.19 Å². The van der Waals surface area contributed by atoms with Crippen LogP contribution in [0.5, 0.6) is 0 Å². The highest BCUT2D eigenvalue weighted by Crippen LogP contribution is 2.76. The molecule has 6 atom stereocenters. The van der Waals surface area contributed by atoms with E-state index in [-0.39, 0.29) is 34.4 Å². The van der Waals surface area contributed by atoms with E-state index in [9.17, 15) is 0 Å². The van der Waals surface area contributed by atoms with Crippen LogP contribution in [0.3, 0.4) is 0 Å². The average molecular weight is 776 g/mol. The lowest BCUT2D eigenvalue weighted by molar-refractivity contribution is -0.213. The number of nitrogens with zero attached hydrogens (tertiary/aromatic N) is 1. The molecule has 3 heterocycles. The molecule has 0 aromatic heterocycles. The van der Waals surface area contributed by atoms with E-state index in [0.29, 0.717) is 11.8 Å². The van der Waals surface area contributed by atoms with Crippen molar-refractivity contribution in [1.29, 1.82) is 0 Å². The summed E-state index contributed by atoms with van der Waals surface area (Å²) < 4.78 is 14.8. The van der Waals surface area contributed by atoms with E-state index in [1.54, 1.807) is 5.57 Å². The summed E-state index contributed by atoms with van der Waals surface area (Å²) in [6, 6.07) is 15.0. The second kappa shape index (κ2) is 12.2. The topological polar surface area (TPSA) is 21.7 Å². The predicted molar refractivity (Wildman–Crippen MR) is 241 cm³/mol. The maximum atomic E-state index is 7.43. The molecule has 0 N–H and O–H groups in total. The Bertz CT molecular complexity index is 2410. The van der Waals surface area contributed by atoms with Crippen molar-refractivity contribution in [3.8, 4) is 0 Å². The zero-order valence-electron chi connectivity index (χ0n) is 36.8. The second-order valence-electron chi connectivity index (χ2n) is 20.6. The molecule has 3 aromatic rings. The van der Waals surface area contributed by atoms with Crippen LogP contribution in [-0.2, 0) is 20.3 Å². The molecule has 298 valence electrons. The Labute approximate surface area is 344 Å². The van der Waals surface area contributed by atoms with E-state index in [1.807, 2.05) is 0 Å². The first kappa shape index (κ1) is 37.7. The number of benzene rings is 3. The normalized spacial score (nSPS) is 31.1. The highest BCUT2D eigenvalue weighted by molar-refractivity contribution is 6.88. The molecule has 7 aliphatic rings. The van der Waals surface area contributed by atoms with E-state index in [0.717, 1.165) is 38.5 Å². The molecule has 10 rings (SSSR count). The fourth-order valence-corrected chi connectivity index (χ4v) is 14.3. The van der Waals surface area contributed by atoms with Gasteiger partial charge in [0.25, 0.3) is 0 Å². The van der Waals surface area contributed by atoms with Crippen molar-refractivity contribution in [3.05, 3.63) is 123 Å². The summed E-state index contributed by atoms with van der Waals surface area (Å²) in [5, 5.41) is 4.24. The fourth-order valence-electron chi connectivity index (χ4n) is 13.1. The van der Waals surface area contributed by atoms with Gasteiger partial charge in [0.05, 0.1) is 31.7 Å². The lowest BCUT2D eigenvalue weighted by Gasteiger charge is -2.60. The summed E-state index contributed by atoms with van der Waals surface area (Å²) >= 11 is 0. The van der Waals surface area contributed by atoms with Crippen LogP contribution in [0.2, 0.25) is 19.6 Å². The molecule has 57 heavy (non-hydrogen) atoms. The SMILES string of the molecule is CCC(CC)C1=CC(C(CC)CC)OC2(O1)C1=CC3(C)c4c(cc5c(c4C)C4=C(C=CCC4)C5(C)C)C4c5ccc6cc([Si](C)(C)C)ccc6c5C=CN4C3(C)C12. The molecule has 1 spiro atoms. The van der Waals surface area contributed by atoms with Gasteiger partial charge in [-0.2, -0.15) is 0 Å². The van der Waals surface area contributed by atoms with Crippen LogP contribution in [0.1, 0.15) is 139 Å². The van der Waals surface area contributed by atoms with Gasteiger partial charge >= 0.3 is 0 Å². The fraction of sp³-hybridized carbons (Fsp3) is 0.509. The minimum atomic E-state index is -1.46. The summed E-state index contributed by atoms with van der Waals surface area (Å²) in [5.41, 5.74) is 14.2. The third-order valence-electron chi connectivity index (χ3n) is 16.6. The van der Waals surface area contributed by atoms with Crippen LogP contribution in [0.25, 0.3) is 22.4 Å². The van der Waals surface area contributed by atoms with E-state index < -0.39 is 13.9 Å². The van der Waals surface area contributed by atoms with Gasteiger partial charge in [0, 0.05) is 28.5 Å². The number of allylic oxidation sites excluding steroid dienone is 5. The third-order valence-corrected chi connectivity index (χ3v) is 18.6. The number of hydrogen-bond acceptors (Lipinski definition) is 3. The van der Waals surface area contributed by atoms with Gasteiger partial charge in [-0.25, -0.2) is 0 Å². The Morgan fingerprint density at radius 3 is 2.35 bits per heavy atom. The van der Waals surface area contributed by atoms with Crippen molar-refractivity contribution in [2.45, 2.75) is 155 Å². The molecule has 1 fully saturated rings. The van der Waals surface area contributed by atoms with E-state index >= 15 is 0 Å². The lowest BCUT2D eigenvalue weighted by Crippen LogP contribution is -2.64. The summed E-state index contributed by atoms with van der Waals surface area (Å²) in [5.74, 6) is 1.43. The van der Waals surface area contributed by atoms with E-state index in [2.05, 4.69) is 160 Å². The Kier molecular flexibility index (Phi) is 8.08. The summed E-state index contributed by atoms with van der Waals surface area (Å²) in [7, 11) is -1.46. The van der Waals surface area contributed by atoms with E-state index in [4.69, 9.17) is 9.47 Å². The van der Waals surface area contributed by atoms with Crippen LogP contribution in [0.4, 0.5) is 0 Å². The first-order valence-corrected chi connectivity index (χ1v) is 26.0. The van der Waals surface area contributed by atoms with Gasteiger partial charge < -0.3 is 14.4 Å². The number of fused-ring (bicyclic) bond motifs is 16. The van der Waals surface area contributed by atoms with Crippen molar-refractivity contribution in [3.63, 3.8) is 0 Å². The summed E-state index contributed by atoms with van der Waals surface area (Å²) in [6.45, 7) is 29.2. The van der Waals surface area contributed by atoms with Crippen molar-refractivity contribution in [1.82, 2.24) is 4.90 Å². The molecule has 0 amide bonds. The van der Waals surface area contributed by atoms with Crippen LogP contribution >= 0.6 is 0 Å². The molecule has 3 aliphatic heterocycles. The number of hydrogen-bond donors (Lipinski definition) is 0. The van der Waals surface area contributed by atoms with Gasteiger partial charge in [-0.1, -0.05) is 134 Å². The molecule has 3 nitrogen and oxygen atoms in total. The van der Waals surface area contributed by atoms with Crippen molar-refractivity contribution in [2.75, 3.05) is 0 Å². The van der Waals surface area contributed by atoms with Gasteiger partial charge in [-0.3, -0.25) is 0 Å². The number of rotatable bonds is 7. The van der Waals surface area contributed by atoms with Crippen LogP contribution in [-0.4, -0.2) is 30.4 Å². The summed E-state index contributed by atoms with van der Waals surface area (Å²) in [6.07, 6.45) is 21.5. The Morgan fingerprint density at radius 1 is 0.895 bits per heavy atom. The molecule has 1 saturated carbocycles. The van der Waals surface area contributed by atoms with E-state index in [1.165, 1.54) is 71.8 Å². The second-order valence-corrected chi connectivity index (χ2v) is 25.7. The smallest absolute Gasteiger partial charge is 0.243 e. The average Bonchev–Trinajstić information content (AvgIpc) is 3.55. The molecule has 0 saturated heterocycles. The lowest BCUT2D eigenvalue weighted by atomic mass is 9.58. The van der Waals surface area contributed by atoms with Crippen LogP contribution in [0, 0.1) is 24.7 Å². The first-order chi connectivity index (χ1) is 27.1. The Morgan fingerprint density at radius 2 is 1.65 bits per heavy atom. The van der Waals surface area contributed by atoms with Crippen molar-refractivity contribution < 1.29 is 9.47 Å². The molecule has 4 aliphatic carbocycles. The van der Waals surface area contributed by atoms with Gasteiger partial charge in [0.2, 0.25) is 5.79 Å². The Balaban J connectivity index is 1.22. The molecular weight excluding hydrogens is 711 g/mol. The maximum Gasteiger partial charge on any atom is 0.243 e. The quantitative estimate of drug-likeness (QED) is 0.176. The predicted octanol–water partition coefficient (Wildman–Crippen LogP) is 12.9.